The van der Waals surface area contributed by atoms with Crippen LogP contribution >= 0.6 is 0 Å². The quantitative estimate of drug-likeness (QED) is 0.683. The molecule has 1 radical (unpaired) electrons. The largest absolute Gasteiger partial charge is 0.663 e. The van der Waals surface area contributed by atoms with E-state index in [1.165, 1.54) is 0 Å². The van der Waals surface area contributed by atoms with E-state index in [-0.39, 0.29) is 38.3 Å². The number of likely N-dealkylation sites (N-methyl/N-ethyl adjacent to an activating group) is 1. The van der Waals surface area contributed by atoms with E-state index in [2.05, 4.69) is 5.32 Å². The van der Waals surface area contributed by atoms with Crippen molar-refractivity contribution in [2.24, 2.45) is 0 Å². The molecule has 0 aliphatic heterocycles. The minimum Gasteiger partial charge on any atom is -0.663 e. The van der Waals surface area contributed by atoms with Gasteiger partial charge in [0.25, 0.3) is 0 Å². The molecule has 0 unspecified atom stereocenters. The molecule has 53 valence electrons. The van der Waals surface area contributed by atoms with Crippen LogP contribution in [-0.2, 0) is 37.4 Å². The van der Waals surface area contributed by atoms with Gasteiger partial charge >= 0.3 is 0 Å². The van der Waals surface area contributed by atoms with Gasteiger partial charge in [-0.3, -0.25) is 0 Å². The maximum Gasteiger partial charge on any atom is 0.0436 e. The van der Waals surface area contributed by atoms with Crippen molar-refractivity contribution in [2.75, 3.05) is 20.7 Å². The molecule has 2 nitrogen and oxygen atoms in total. The molecule has 0 fully saturated rings. The number of hydrogen-bond donors (Lipinski definition) is 0. The molecule has 0 bridgehead atoms. The number of nitrogens with zero attached hydrogens (tertiary/aromatic N) is 1. The van der Waals surface area contributed by atoms with Crippen LogP contribution in [0, 0.1) is 0 Å². The zero-order chi connectivity index (χ0) is 6.62. The van der Waals surface area contributed by atoms with E-state index in [1.807, 2.05) is 13.8 Å². The predicted molar refractivity (Wildman–Crippen MR) is 35.2 cm³/mol. The molecule has 0 N–H and O–H groups in total. The van der Waals surface area contributed by atoms with Crippen molar-refractivity contribution in [1.29, 1.82) is 0 Å². The van der Waals surface area contributed by atoms with Gasteiger partial charge in [-0.2, -0.15) is 7.05 Å². The normalized spacial score (nSPS) is 10.7. The van der Waals surface area contributed by atoms with Crippen molar-refractivity contribution in [3.05, 3.63) is 5.32 Å². The summed E-state index contributed by atoms with van der Waals surface area (Å²) in [5, 5.41) is 3.95. The summed E-state index contributed by atoms with van der Waals surface area (Å²) in [6.07, 6.45) is 0. The standard InChI is InChI=1S/C6H14NO.Y/c1-6(2,8-4)5-7-3;/h5H2,1-4H3;/q-1;. The molecule has 0 aliphatic carbocycles. The molecule has 0 heterocycles. The second kappa shape index (κ2) is 5.78. The van der Waals surface area contributed by atoms with Gasteiger partial charge in [-0.15, -0.1) is 6.54 Å². The summed E-state index contributed by atoms with van der Waals surface area (Å²) in [6, 6.07) is 0. The molecule has 3 heteroatoms. The maximum absolute atomic E-state index is 5.08. The Bertz CT molecular complexity index is 66.1. The van der Waals surface area contributed by atoms with Crippen LogP contribution in [0.5, 0.6) is 0 Å². The van der Waals surface area contributed by atoms with E-state index in [0.717, 1.165) is 6.54 Å². The molecule has 9 heavy (non-hydrogen) atoms. The Morgan fingerprint density at radius 2 is 1.89 bits per heavy atom. The second-order valence-corrected chi connectivity index (χ2v) is 2.44. The summed E-state index contributed by atoms with van der Waals surface area (Å²) in [5.41, 5.74) is -0.0747. The summed E-state index contributed by atoms with van der Waals surface area (Å²) in [7, 11) is 3.49. The van der Waals surface area contributed by atoms with Gasteiger partial charge in [-0.05, 0) is 13.8 Å². The third-order valence-corrected chi connectivity index (χ3v) is 1.09. The van der Waals surface area contributed by atoms with Crippen LogP contribution in [-0.4, -0.2) is 26.3 Å². The molecule has 0 rings (SSSR count). The van der Waals surface area contributed by atoms with Crippen LogP contribution in [0.15, 0.2) is 0 Å². The summed E-state index contributed by atoms with van der Waals surface area (Å²) in [5.74, 6) is 0. The van der Waals surface area contributed by atoms with Crippen LogP contribution in [0.3, 0.4) is 0 Å². The van der Waals surface area contributed by atoms with Gasteiger partial charge in [0.2, 0.25) is 0 Å². The van der Waals surface area contributed by atoms with E-state index < -0.39 is 0 Å². The summed E-state index contributed by atoms with van der Waals surface area (Å²) >= 11 is 0. The van der Waals surface area contributed by atoms with Crippen LogP contribution in [0.2, 0.25) is 0 Å². The molecule has 0 spiro atoms. The van der Waals surface area contributed by atoms with Crippen molar-refractivity contribution in [2.45, 2.75) is 19.4 Å². The first-order valence-corrected chi connectivity index (χ1v) is 2.73. The zero-order valence-corrected chi connectivity index (χ0v) is 9.48. The van der Waals surface area contributed by atoms with E-state index in [9.17, 15) is 0 Å². The summed E-state index contributed by atoms with van der Waals surface area (Å²) in [4.78, 5) is 0. The van der Waals surface area contributed by atoms with Gasteiger partial charge in [0.1, 0.15) is 0 Å². The SMILES string of the molecule is C[N-]CC(C)(C)OC.[Y]. The first kappa shape index (κ1) is 12.7. The van der Waals surface area contributed by atoms with E-state index in [4.69, 9.17) is 4.74 Å². The van der Waals surface area contributed by atoms with Gasteiger partial charge in [0.15, 0.2) is 0 Å². The van der Waals surface area contributed by atoms with Crippen LogP contribution in [0.4, 0.5) is 0 Å². The van der Waals surface area contributed by atoms with Gasteiger partial charge in [-0.25, -0.2) is 0 Å². The second-order valence-electron chi connectivity index (χ2n) is 2.44. The number of rotatable bonds is 3. The first-order chi connectivity index (χ1) is 3.62. The van der Waals surface area contributed by atoms with Gasteiger partial charge in [0.05, 0.1) is 0 Å². The summed E-state index contributed by atoms with van der Waals surface area (Å²) in [6.45, 7) is 4.80. The molecular weight excluding hydrogens is 191 g/mol. The van der Waals surface area contributed by atoms with Crippen LogP contribution in [0.1, 0.15) is 13.8 Å². The molecule has 0 saturated carbocycles. The molecular formula is C6H14NOY-. The maximum atomic E-state index is 5.08. The molecule has 0 atom stereocenters. The fraction of sp³-hybridized carbons (Fsp3) is 1.00. The number of hydrogen-bond acceptors (Lipinski definition) is 1. The average Bonchev–Trinajstić information content (AvgIpc) is 1.67. The van der Waals surface area contributed by atoms with Crippen LogP contribution in [0.25, 0.3) is 5.32 Å². The molecule has 0 aliphatic rings. The monoisotopic (exact) mass is 205 g/mol. The average molecular weight is 205 g/mol. The van der Waals surface area contributed by atoms with Crippen molar-refractivity contribution < 1.29 is 37.4 Å². The Balaban J connectivity index is 0. The summed E-state index contributed by atoms with van der Waals surface area (Å²) < 4.78 is 5.08. The zero-order valence-electron chi connectivity index (χ0n) is 6.64. The van der Waals surface area contributed by atoms with Crippen molar-refractivity contribution in [1.82, 2.24) is 0 Å². The third kappa shape index (κ3) is 6.91. The Hall–Kier alpha value is 1.02. The Kier molecular flexibility index (Phi) is 8.15. The van der Waals surface area contributed by atoms with Crippen molar-refractivity contribution in [3.8, 4) is 0 Å². The molecule has 0 aromatic carbocycles. The van der Waals surface area contributed by atoms with Crippen molar-refractivity contribution >= 4 is 0 Å². The Morgan fingerprint density at radius 1 is 1.44 bits per heavy atom. The van der Waals surface area contributed by atoms with Crippen molar-refractivity contribution in [3.63, 3.8) is 0 Å². The molecule has 0 aromatic rings. The predicted octanol–water partition coefficient (Wildman–Crippen LogP) is 1.41. The first-order valence-electron chi connectivity index (χ1n) is 2.73. The third-order valence-electron chi connectivity index (χ3n) is 1.09. The molecule has 0 aromatic heterocycles. The number of ether oxygens (including phenoxy) is 1. The van der Waals surface area contributed by atoms with E-state index in [1.54, 1.807) is 14.2 Å². The van der Waals surface area contributed by atoms with Crippen LogP contribution < -0.4 is 0 Å². The Morgan fingerprint density at radius 3 is 2.00 bits per heavy atom. The fourth-order valence-corrected chi connectivity index (χ4v) is 0.445. The van der Waals surface area contributed by atoms with E-state index in [0.29, 0.717) is 0 Å². The minimum atomic E-state index is -0.0747. The fourth-order valence-electron chi connectivity index (χ4n) is 0.445. The Labute approximate surface area is 82.6 Å². The topological polar surface area (TPSA) is 23.3 Å². The molecule has 0 amide bonds. The minimum absolute atomic E-state index is 0. The van der Waals surface area contributed by atoms with Gasteiger partial charge < -0.3 is 10.1 Å². The molecule has 0 saturated heterocycles. The van der Waals surface area contributed by atoms with E-state index >= 15 is 0 Å². The smallest absolute Gasteiger partial charge is 0.0436 e. The van der Waals surface area contributed by atoms with Gasteiger partial charge in [-0.1, -0.05) is 0 Å². The van der Waals surface area contributed by atoms with Gasteiger partial charge in [0, 0.05) is 45.4 Å². The number of methoxy groups -OCH3 is 1.